The number of rotatable bonds is 9. The molecule has 0 bridgehead atoms. The van der Waals surface area contributed by atoms with E-state index in [1.165, 1.54) is 22.8 Å². The molecule has 4 aromatic rings. The van der Waals surface area contributed by atoms with Gasteiger partial charge in [-0.25, -0.2) is 4.98 Å². The molecule has 0 saturated carbocycles. The molecule has 0 atom stereocenters. The van der Waals surface area contributed by atoms with Crippen LogP contribution in [0.1, 0.15) is 10.4 Å². The monoisotopic (exact) mass is 605 g/mol. The third-order valence-corrected chi connectivity index (χ3v) is 6.37. The van der Waals surface area contributed by atoms with E-state index in [1.54, 1.807) is 37.4 Å². The summed E-state index contributed by atoms with van der Waals surface area (Å²) < 4.78 is 30.7. The average molecular weight is 605 g/mol. The average Bonchev–Trinajstić information content (AvgIpc) is 2.94. The highest BCUT2D eigenvalue weighted by atomic mass is 32.2. The number of carbonyl (C=O) groups is 1. The molecule has 1 heterocycles. The van der Waals surface area contributed by atoms with Crippen LogP contribution in [-0.2, 0) is 7.05 Å². The molecule has 18 heteroatoms. The van der Waals surface area contributed by atoms with Gasteiger partial charge in [-0.15, -0.1) is 0 Å². The van der Waals surface area contributed by atoms with Crippen molar-refractivity contribution in [2.45, 2.75) is 11.8 Å². The molecule has 0 aliphatic carbocycles. The molecule has 1 N–H and O–H groups in total. The number of ketones is 1. The van der Waals surface area contributed by atoms with Gasteiger partial charge in [0.25, 0.3) is 17.0 Å². The number of non-ortho nitro benzene ring substituents is 1. The lowest BCUT2D eigenvalue weighted by molar-refractivity contribution is -0.404. The Hall–Kier alpha value is -5.52. The maximum atomic E-state index is 12.5. The van der Waals surface area contributed by atoms with Gasteiger partial charge in [-0.2, -0.15) is 8.78 Å². The predicted octanol–water partition coefficient (Wildman–Crippen LogP) is 4.63. The lowest BCUT2D eigenvalue weighted by atomic mass is 10.1. The second-order valence-corrected chi connectivity index (χ2v) is 8.91. The number of nitro benzene ring substituents is 3. The first-order valence-electron chi connectivity index (χ1n) is 11.3. The predicted molar refractivity (Wildman–Crippen MR) is 143 cm³/mol. The van der Waals surface area contributed by atoms with Crippen LogP contribution < -0.4 is 10.3 Å². The summed E-state index contributed by atoms with van der Waals surface area (Å²) in [6.45, 7) is -3.01. The van der Waals surface area contributed by atoms with Gasteiger partial charge < -0.3 is 9.84 Å². The van der Waals surface area contributed by atoms with Crippen LogP contribution in [0.4, 0.5) is 25.8 Å². The molecule has 0 saturated heterocycles. The summed E-state index contributed by atoms with van der Waals surface area (Å²) in [5.74, 6) is -1.84. The number of phenolic OH excluding ortho intramolecular Hbond substituents is 1. The molecular weight excluding hydrogens is 588 g/mol. The molecule has 218 valence electrons. The number of halogens is 2. The third-order valence-electron chi connectivity index (χ3n) is 5.34. The smallest absolute Gasteiger partial charge is 0.387 e. The number of thioether (sulfide) groups is 1. The molecule has 42 heavy (non-hydrogen) atoms. The highest BCUT2D eigenvalue weighted by molar-refractivity contribution is 7.99. The summed E-state index contributed by atoms with van der Waals surface area (Å²) in [6, 6.07) is 13.6. The first-order chi connectivity index (χ1) is 19.8. The van der Waals surface area contributed by atoms with E-state index in [4.69, 9.17) is 5.11 Å². The summed E-state index contributed by atoms with van der Waals surface area (Å²) in [7, 11) is 1.57. The zero-order valence-electron chi connectivity index (χ0n) is 21.1. The highest BCUT2D eigenvalue weighted by Gasteiger charge is 2.30. The van der Waals surface area contributed by atoms with Crippen molar-refractivity contribution in [3.8, 4) is 11.5 Å². The number of carbonyl (C=O) groups excluding carboxylic acids is 1. The van der Waals surface area contributed by atoms with Gasteiger partial charge in [-0.1, -0.05) is 36.0 Å². The van der Waals surface area contributed by atoms with Crippen molar-refractivity contribution < 1.29 is 38.2 Å². The summed E-state index contributed by atoms with van der Waals surface area (Å²) in [6.07, 6.45) is 0. The van der Waals surface area contributed by atoms with E-state index in [0.717, 1.165) is 11.8 Å². The summed E-state index contributed by atoms with van der Waals surface area (Å²) in [4.78, 5) is 56.9. The van der Waals surface area contributed by atoms with E-state index < -0.39 is 50.0 Å². The molecule has 0 aliphatic heterocycles. The Morgan fingerprint density at radius 1 is 1.00 bits per heavy atom. The van der Waals surface area contributed by atoms with Crippen molar-refractivity contribution in [2.75, 3.05) is 5.75 Å². The lowest BCUT2D eigenvalue weighted by Gasteiger charge is -2.11. The number of fused-ring (bicyclic) bond motifs is 1. The lowest BCUT2D eigenvalue weighted by Crippen LogP contribution is -2.20. The number of ether oxygens (including phenoxy) is 1. The van der Waals surface area contributed by atoms with Crippen molar-refractivity contribution >= 4 is 45.5 Å². The van der Waals surface area contributed by atoms with Crippen LogP contribution in [0, 0.1) is 30.3 Å². The molecule has 4 rings (SSSR count). The van der Waals surface area contributed by atoms with Gasteiger partial charge in [0.1, 0.15) is 5.75 Å². The van der Waals surface area contributed by atoms with Gasteiger partial charge in [-0.05, 0) is 24.3 Å². The molecule has 0 aliphatic rings. The number of hydrogen-bond donors (Lipinski definition) is 1. The van der Waals surface area contributed by atoms with Crippen molar-refractivity contribution in [1.29, 1.82) is 0 Å². The zero-order chi connectivity index (χ0) is 31.1. The topological polar surface area (TPSA) is 211 Å². The Balaban J connectivity index is 0.000000260. The minimum atomic E-state index is -3.01. The van der Waals surface area contributed by atoms with E-state index in [0.29, 0.717) is 28.2 Å². The number of para-hydroxylation sites is 2. The standard InChI is InChI=1S/C18H14F2N2O3S.C6H3N3O7/c1-22-16(24)11-6-2-4-8-13(11)21-18(22)26-10-14(23)12-7-3-5-9-15(12)25-17(19)20;10-6-4(8(13)14)1-3(7(11)12)2-5(6)9(15)16/h2-9,17H,10H2,1H3;1-2,10H. The van der Waals surface area contributed by atoms with Crippen molar-refractivity contribution in [1.82, 2.24) is 9.55 Å². The van der Waals surface area contributed by atoms with Gasteiger partial charge in [0.15, 0.2) is 10.9 Å². The van der Waals surface area contributed by atoms with E-state index >= 15 is 0 Å². The van der Waals surface area contributed by atoms with Crippen LogP contribution in [0.25, 0.3) is 10.9 Å². The van der Waals surface area contributed by atoms with E-state index in [9.17, 15) is 48.7 Å². The zero-order valence-corrected chi connectivity index (χ0v) is 21.9. The molecule has 0 radical (unpaired) electrons. The number of Topliss-reactive ketones (excluding diaryl/α,β-unsaturated/α-hetero) is 1. The Morgan fingerprint density at radius 2 is 1.57 bits per heavy atom. The molecule has 15 nitrogen and oxygen atoms in total. The summed E-state index contributed by atoms with van der Waals surface area (Å²) in [5, 5.41) is 41.1. The highest BCUT2D eigenvalue weighted by Crippen LogP contribution is 2.39. The molecule has 0 fully saturated rings. The number of benzene rings is 3. The number of hydrogen-bond acceptors (Lipinski definition) is 12. The van der Waals surface area contributed by atoms with Crippen molar-refractivity contribution in [3.05, 3.63) is 107 Å². The van der Waals surface area contributed by atoms with Crippen LogP contribution in [0.5, 0.6) is 11.5 Å². The fourth-order valence-electron chi connectivity index (χ4n) is 3.40. The van der Waals surface area contributed by atoms with Gasteiger partial charge in [-0.3, -0.25) is 44.5 Å². The summed E-state index contributed by atoms with van der Waals surface area (Å²) >= 11 is 1.07. The van der Waals surface area contributed by atoms with Crippen LogP contribution in [0.2, 0.25) is 0 Å². The van der Waals surface area contributed by atoms with Gasteiger partial charge in [0.2, 0.25) is 0 Å². The molecule has 0 unspecified atom stereocenters. The van der Waals surface area contributed by atoms with Crippen LogP contribution in [0.3, 0.4) is 0 Å². The number of alkyl halides is 2. The van der Waals surface area contributed by atoms with Gasteiger partial charge >= 0.3 is 18.0 Å². The van der Waals surface area contributed by atoms with Gasteiger partial charge in [0.05, 0.1) is 49.1 Å². The third kappa shape index (κ3) is 7.16. The van der Waals surface area contributed by atoms with Crippen LogP contribution in [0.15, 0.2) is 70.6 Å². The Bertz CT molecular complexity index is 1730. The fraction of sp³-hybridized carbons (Fsp3) is 0.125. The number of nitrogens with zero attached hydrogens (tertiary/aromatic N) is 5. The summed E-state index contributed by atoms with van der Waals surface area (Å²) in [5.41, 5.74) is -2.62. The molecule has 0 spiro atoms. The van der Waals surface area contributed by atoms with E-state index in [1.807, 2.05) is 0 Å². The SMILES string of the molecule is Cn1c(SCC(=O)c2ccccc2OC(F)F)nc2ccccc2c1=O.O=[N+]([O-])c1cc([N+](=O)[O-])c(O)c([N+](=O)[O-])c1. The second kappa shape index (κ2) is 13.2. The molecular formula is C24H17F2N5O10S. The first-order valence-corrected chi connectivity index (χ1v) is 12.3. The van der Waals surface area contributed by atoms with E-state index in [-0.39, 0.29) is 22.6 Å². The number of nitro groups is 3. The minimum Gasteiger partial charge on any atom is -0.497 e. The van der Waals surface area contributed by atoms with E-state index in [2.05, 4.69) is 9.72 Å². The molecule has 1 aromatic heterocycles. The van der Waals surface area contributed by atoms with Crippen LogP contribution >= 0.6 is 11.8 Å². The first kappa shape index (κ1) is 31.0. The maximum absolute atomic E-state index is 12.5. The van der Waals surface area contributed by atoms with Crippen molar-refractivity contribution in [3.63, 3.8) is 0 Å². The Morgan fingerprint density at radius 3 is 2.14 bits per heavy atom. The second-order valence-electron chi connectivity index (χ2n) is 7.97. The Labute approximate surface area is 236 Å². The van der Waals surface area contributed by atoms with Gasteiger partial charge in [0, 0.05) is 7.05 Å². The minimum absolute atomic E-state index is 0.0612. The quantitative estimate of drug-likeness (QED) is 0.0910. The maximum Gasteiger partial charge on any atom is 0.387 e. The van der Waals surface area contributed by atoms with Crippen LogP contribution in [-0.4, -0.2) is 47.6 Å². The number of aromatic nitrogens is 2. The largest absolute Gasteiger partial charge is 0.497 e. The molecule has 0 amide bonds. The Kier molecular flexibility index (Phi) is 9.76. The van der Waals surface area contributed by atoms with Crippen molar-refractivity contribution in [2.24, 2.45) is 7.05 Å². The number of aromatic hydroxyl groups is 1. The molecule has 3 aromatic carbocycles. The fourth-order valence-corrected chi connectivity index (χ4v) is 4.26. The normalized spacial score (nSPS) is 10.6. The number of phenols is 1.